The van der Waals surface area contributed by atoms with Crippen molar-refractivity contribution < 1.29 is 4.74 Å². The highest BCUT2D eigenvalue weighted by Gasteiger charge is 2.46. The second-order valence-corrected chi connectivity index (χ2v) is 4.24. The van der Waals surface area contributed by atoms with Gasteiger partial charge in [-0.1, -0.05) is 31.4 Å². The van der Waals surface area contributed by atoms with Gasteiger partial charge in [0.25, 0.3) is 0 Å². The Kier molecular flexibility index (Phi) is 4.64. The lowest BCUT2D eigenvalue weighted by Gasteiger charge is -2.18. The molecule has 2 heteroatoms. The standard InChI is InChI=1S/C15H21NO/c1-6-7-8-12(2)13(3)14(11-16-4)15(17-5)9-10-15/h6-8,11H,1-2,9-10H2,3-5H3/b8-7-,14-13-,16-11?. The zero-order valence-corrected chi connectivity index (χ0v) is 11.0. The molecule has 0 saturated heterocycles. The van der Waals surface area contributed by atoms with Crippen LogP contribution in [0.1, 0.15) is 19.8 Å². The minimum atomic E-state index is -0.130. The molecule has 0 aromatic rings. The molecule has 92 valence electrons. The van der Waals surface area contributed by atoms with Crippen LogP contribution in [0.2, 0.25) is 0 Å². The molecule has 1 rings (SSSR count). The van der Waals surface area contributed by atoms with Crippen molar-refractivity contribution >= 4 is 6.21 Å². The van der Waals surface area contributed by atoms with Gasteiger partial charge in [-0.15, -0.1) is 0 Å². The molecule has 0 amide bonds. The van der Waals surface area contributed by atoms with Gasteiger partial charge >= 0.3 is 0 Å². The molecule has 0 spiro atoms. The van der Waals surface area contributed by atoms with E-state index in [9.17, 15) is 0 Å². The van der Waals surface area contributed by atoms with E-state index < -0.39 is 0 Å². The highest BCUT2D eigenvalue weighted by atomic mass is 16.5. The molecule has 1 fully saturated rings. The fraction of sp³-hybridized carbons (Fsp3) is 0.400. The average Bonchev–Trinajstić information content (AvgIpc) is 3.13. The smallest absolute Gasteiger partial charge is 0.0947 e. The molecular formula is C15H21NO. The Morgan fingerprint density at radius 3 is 2.47 bits per heavy atom. The lowest BCUT2D eigenvalue weighted by molar-refractivity contribution is 0.116. The lowest BCUT2D eigenvalue weighted by Crippen LogP contribution is -2.18. The quantitative estimate of drug-likeness (QED) is 0.506. The van der Waals surface area contributed by atoms with E-state index in [4.69, 9.17) is 4.74 Å². The van der Waals surface area contributed by atoms with E-state index in [2.05, 4.69) is 25.1 Å². The molecule has 0 heterocycles. The summed E-state index contributed by atoms with van der Waals surface area (Å²) in [6.07, 6.45) is 9.59. The normalized spacial score (nSPS) is 19.5. The molecular weight excluding hydrogens is 210 g/mol. The molecule has 1 saturated carbocycles. The third kappa shape index (κ3) is 3.04. The van der Waals surface area contributed by atoms with E-state index in [1.165, 1.54) is 0 Å². The molecule has 0 aromatic carbocycles. The summed E-state index contributed by atoms with van der Waals surface area (Å²) in [5.74, 6) is 0. The molecule has 1 aliphatic carbocycles. The summed E-state index contributed by atoms with van der Waals surface area (Å²) < 4.78 is 5.60. The van der Waals surface area contributed by atoms with Crippen LogP contribution < -0.4 is 0 Å². The van der Waals surface area contributed by atoms with Crippen molar-refractivity contribution in [3.8, 4) is 0 Å². The summed E-state index contributed by atoms with van der Waals surface area (Å²) in [4.78, 5) is 4.13. The molecule has 0 aromatic heterocycles. The summed E-state index contributed by atoms with van der Waals surface area (Å²) in [6, 6.07) is 0. The van der Waals surface area contributed by atoms with E-state index in [0.29, 0.717) is 0 Å². The zero-order valence-electron chi connectivity index (χ0n) is 11.0. The van der Waals surface area contributed by atoms with Crippen LogP contribution in [0, 0.1) is 0 Å². The first-order valence-electron chi connectivity index (χ1n) is 5.78. The third-order valence-corrected chi connectivity index (χ3v) is 3.16. The van der Waals surface area contributed by atoms with Gasteiger partial charge in [0.05, 0.1) is 5.60 Å². The molecule has 0 unspecified atom stereocenters. The molecule has 2 nitrogen and oxygen atoms in total. The van der Waals surface area contributed by atoms with Gasteiger partial charge in [-0.05, 0) is 30.9 Å². The Labute approximate surface area is 104 Å². The van der Waals surface area contributed by atoms with E-state index in [1.54, 1.807) is 20.2 Å². The first-order valence-corrected chi connectivity index (χ1v) is 5.78. The maximum atomic E-state index is 5.60. The average molecular weight is 231 g/mol. The Bertz CT molecular complexity index is 395. The van der Waals surface area contributed by atoms with E-state index in [-0.39, 0.29) is 5.60 Å². The zero-order chi connectivity index (χ0) is 12.9. The van der Waals surface area contributed by atoms with Gasteiger partial charge in [-0.25, -0.2) is 0 Å². The van der Waals surface area contributed by atoms with Crippen molar-refractivity contribution in [3.05, 3.63) is 48.1 Å². The highest BCUT2D eigenvalue weighted by molar-refractivity contribution is 5.85. The predicted molar refractivity (Wildman–Crippen MR) is 74.6 cm³/mol. The second kappa shape index (κ2) is 5.78. The number of methoxy groups -OCH3 is 1. The van der Waals surface area contributed by atoms with Crippen LogP contribution in [0.4, 0.5) is 0 Å². The van der Waals surface area contributed by atoms with Crippen LogP contribution in [-0.4, -0.2) is 26.0 Å². The number of nitrogens with zero attached hydrogens (tertiary/aromatic N) is 1. The fourth-order valence-electron chi connectivity index (χ4n) is 1.86. The first-order chi connectivity index (χ1) is 8.11. The lowest BCUT2D eigenvalue weighted by atomic mass is 9.97. The summed E-state index contributed by atoms with van der Waals surface area (Å²) in [6.45, 7) is 9.78. The van der Waals surface area contributed by atoms with E-state index in [1.807, 2.05) is 18.4 Å². The van der Waals surface area contributed by atoms with Gasteiger partial charge in [0.15, 0.2) is 0 Å². The van der Waals surface area contributed by atoms with Crippen LogP contribution >= 0.6 is 0 Å². The van der Waals surface area contributed by atoms with Crippen molar-refractivity contribution in [2.45, 2.75) is 25.4 Å². The Balaban J connectivity index is 3.07. The number of hydrogen-bond donors (Lipinski definition) is 0. The molecule has 0 bridgehead atoms. The molecule has 17 heavy (non-hydrogen) atoms. The Morgan fingerprint density at radius 1 is 1.41 bits per heavy atom. The molecule has 0 aliphatic heterocycles. The van der Waals surface area contributed by atoms with Gasteiger partial charge in [-0.2, -0.15) is 0 Å². The molecule has 0 atom stereocenters. The summed E-state index contributed by atoms with van der Waals surface area (Å²) in [7, 11) is 3.54. The second-order valence-electron chi connectivity index (χ2n) is 4.24. The topological polar surface area (TPSA) is 21.6 Å². The summed E-state index contributed by atoms with van der Waals surface area (Å²) in [5, 5.41) is 0. The maximum Gasteiger partial charge on any atom is 0.0947 e. The number of allylic oxidation sites excluding steroid dienone is 5. The highest BCUT2D eigenvalue weighted by Crippen LogP contribution is 2.46. The van der Waals surface area contributed by atoms with Crippen LogP contribution in [-0.2, 0) is 4.74 Å². The van der Waals surface area contributed by atoms with Gasteiger partial charge in [0.1, 0.15) is 0 Å². The third-order valence-electron chi connectivity index (χ3n) is 3.16. The van der Waals surface area contributed by atoms with Gasteiger partial charge in [0.2, 0.25) is 0 Å². The number of aliphatic imine (C=N–C) groups is 1. The molecule has 0 N–H and O–H groups in total. The number of rotatable bonds is 6. The minimum Gasteiger partial charge on any atom is -0.373 e. The summed E-state index contributed by atoms with van der Waals surface area (Å²) in [5.41, 5.74) is 3.12. The first kappa shape index (κ1) is 13.7. The Hall–Kier alpha value is -1.41. The van der Waals surface area contributed by atoms with Crippen molar-refractivity contribution in [3.63, 3.8) is 0 Å². The number of hydrogen-bond acceptors (Lipinski definition) is 2. The largest absolute Gasteiger partial charge is 0.373 e. The maximum absolute atomic E-state index is 5.60. The SMILES string of the molecule is C=C/C=C\C(=C)/C(C)=C(/C=NC)C1(OC)CC1. The van der Waals surface area contributed by atoms with Crippen LogP contribution in [0.25, 0.3) is 0 Å². The molecule has 0 radical (unpaired) electrons. The van der Waals surface area contributed by atoms with Crippen LogP contribution in [0.5, 0.6) is 0 Å². The van der Waals surface area contributed by atoms with Crippen molar-refractivity contribution in [2.75, 3.05) is 14.2 Å². The van der Waals surface area contributed by atoms with E-state index >= 15 is 0 Å². The monoisotopic (exact) mass is 231 g/mol. The predicted octanol–water partition coefficient (Wildman–Crippen LogP) is 3.48. The van der Waals surface area contributed by atoms with Crippen molar-refractivity contribution in [1.82, 2.24) is 0 Å². The van der Waals surface area contributed by atoms with E-state index in [0.717, 1.165) is 29.6 Å². The van der Waals surface area contributed by atoms with Crippen LogP contribution in [0.3, 0.4) is 0 Å². The molecule has 1 aliphatic rings. The van der Waals surface area contributed by atoms with Crippen molar-refractivity contribution in [1.29, 1.82) is 0 Å². The summed E-state index contributed by atoms with van der Waals surface area (Å²) >= 11 is 0. The van der Waals surface area contributed by atoms with Crippen molar-refractivity contribution in [2.24, 2.45) is 4.99 Å². The van der Waals surface area contributed by atoms with Crippen LogP contribution in [0.15, 0.2) is 53.1 Å². The Morgan fingerprint density at radius 2 is 2.06 bits per heavy atom. The fourth-order valence-corrected chi connectivity index (χ4v) is 1.86. The van der Waals surface area contributed by atoms with Gasteiger partial charge < -0.3 is 4.74 Å². The number of ether oxygens (including phenoxy) is 1. The van der Waals surface area contributed by atoms with Gasteiger partial charge in [0, 0.05) is 25.9 Å². The van der Waals surface area contributed by atoms with Gasteiger partial charge in [-0.3, -0.25) is 4.99 Å². The minimum absolute atomic E-state index is 0.130.